The molecule has 82 valence electrons. The lowest BCUT2D eigenvalue weighted by molar-refractivity contribution is 0.282. The molecule has 0 aliphatic rings. The average molecular weight is 253 g/mol. The molecule has 3 nitrogen and oxygen atoms in total. The topological polar surface area (TPSA) is 46.0 Å². The van der Waals surface area contributed by atoms with Crippen molar-refractivity contribution in [1.29, 1.82) is 0 Å². The van der Waals surface area contributed by atoms with Gasteiger partial charge in [-0.05, 0) is 23.8 Å². The standard InChI is InChI=1S/C11H9ClN2OS/c12-9-5-8(6-15)1-2-10(9)16-11-3-4-13-7-14-11/h1-5,7,15H,6H2. The molecular formula is C11H9ClN2OS. The van der Waals surface area contributed by atoms with Crippen LogP contribution in [0.5, 0.6) is 0 Å². The summed E-state index contributed by atoms with van der Waals surface area (Å²) in [4.78, 5) is 8.86. The van der Waals surface area contributed by atoms with Crippen molar-refractivity contribution in [2.75, 3.05) is 0 Å². The highest BCUT2D eigenvalue weighted by Gasteiger charge is 2.04. The van der Waals surface area contributed by atoms with Crippen LogP contribution in [-0.2, 0) is 6.61 Å². The average Bonchev–Trinajstić information content (AvgIpc) is 2.33. The Morgan fingerprint density at radius 1 is 1.31 bits per heavy atom. The van der Waals surface area contributed by atoms with Crippen LogP contribution >= 0.6 is 23.4 Å². The minimum Gasteiger partial charge on any atom is -0.392 e. The maximum absolute atomic E-state index is 8.96. The van der Waals surface area contributed by atoms with Crippen molar-refractivity contribution in [3.63, 3.8) is 0 Å². The Bertz CT molecular complexity index is 479. The van der Waals surface area contributed by atoms with Crippen molar-refractivity contribution in [3.8, 4) is 0 Å². The lowest BCUT2D eigenvalue weighted by Crippen LogP contribution is -1.85. The molecule has 0 aliphatic heterocycles. The molecule has 0 amide bonds. The Labute approximate surface area is 103 Å². The van der Waals surface area contributed by atoms with Gasteiger partial charge in [-0.15, -0.1) is 0 Å². The molecule has 0 saturated heterocycles. The number of rotatable bonds is 3. The largest absolute Gasteiger partial charge is 0.392 e. The van der Waals surface area contributed by atoms with Gasteiger partial charge in [0, 0.05) is 11.1 Å². The number of nitrogens with zero attached hydrogens (tertiary/aromatic N) is 2. The summed E-state index contributed by atoms with van der Waals surface area (Å²) < 4.78 is 0. The van der Waals surface area contributed by atoms with Crippen molar-refractivity contribution in [2.45, 2.75) is 16.5 Å². The minimum atomic E-state index is -0.00181. The van der Waals surface area contributed by atoms with Gasteiger partial charge < -0.3 is 5.11 Å². The first-order chi connectivity index (χ1) is 7.79. The van der Waals surface area contributed by atoms with Gasteiger partial charge in [-0.25, -0.2) is 9.97 Å². The first-order valence-corrected chi connectivity index (χ1v) is 5.82. The van der Waals surface area contributed by atoms with Gasteiger partial charge in [-0.1, -0.05) is 29.4 Å². The Morgan fingerprint density at radius 3 is 2.81 bits per heavy atom. The Kier molecular flexibility index (Phi) is 3.77. The van der Waals surface area contributed by atoms with Crippen molar-refractivity contribution in [1.82, 2.24) is 9.97 Å². The predicted molar refractivity (Wildman–Crippen MR) is 63.5 cm³/mol. The van der Waals surface area contributed by atoms with Crippen molar-refractivity contribution in [2.24, 2.45) is 0 Å². The lowest BCUT2D eigenvalue weighted by Gasteiger charge is -2.04. The summed E-state index contributed by atoms with van der Waals surface area (Å²) in [5.74, 6) is 0. The van der Waals surface area contributed by atoms with Gasteiger partial charge in [-0.3, -0.25) is 0 Å². The van der Waals surface area contributed by atoms with Crippen LogP contribution in [0.25, 0.3) is 0 Å². The van der Waals surface area contributed by atoms with Gasteiger partial charge in [0.05, 0.1) is 11.6 Å². The van der Waals surface area contributed by atoms with E-state index in [0.29, 0.717) is 5.02 Å². The first-order valence-electron chi connectivity index (χ1n) is 4.63. The molecule has 16 heavy (non-hydrogen) atoms. The molecule has 0 fully saturated rings. The van der Waals surface area contributed by atoms with Crippen molar-refractivity contribution >= 4 is 23.4 Å². The zero-order valence-corrected chi connectivity index (χ0v) is 9.87. The van der Waals surface area contributed by atoms with Gasteiger partial charge in [0.25, 0.3) is 0 Å². The Balaban J connectivity index is 2.22. The van der Waals surface area contributed by atoms with E-state index < -0.39 is 0 Å². The van der Waals surface area contributed by atoms with E-state index in [1.54, 1.807) is 12.3 Å². The second kappa shape index (κ2) is 5.30. The maximum Gasteiger partial charge on any atom is 0.116 e. The summed E-state index contributed by atoms with van der Waals surface area (Å²) in [6, 6.07) is 7.29. The molecule has 1 heterocycles. The van der Waals surface area contributed by atoms with E-state index in [1.165, 1.54) is 18.1 Å². The molecule has 0 bridgehead atoms. The minimum absolute atomic E-state index is 0.00181. The highest BCUT2D eigenvalue weighted by Crippen LogP contribution is 2.32. The SMILES string of the molecule is OCc1ccc(Sc2ccncn2)c(Cl)c1. The zero-order chi connectivity index (χ0) is 11.4. The Hall–Kier alpha value is -1.10. The highest BCUT2D eigenvalue weighted by atomic mass is 35.5. The van der Waals surface area contributed by atoms with Crippen molar-refractivity contribution in [3.05, 3.63) is 47.4 Å². The second-order valence-electron chi connectivity index (χ2n) is 3.07. The molecule has 0 radical (unpaired) electrons. The molecule has 5 heteroatoms. The van der Waals surface area contributed by atoms with Crippen LogP contribution in [0.3, 0.4) is 0 Å². The molecule has 2 aromatic rings. The summed E-state index contributed by atoms with van der Waals surface area (Å²) in [5.41, 5.74) is 0.803. The first kappa shape index (κ1) is 11.4. The molecule has 1 N–H and O–H groups in total. The summed E-state index contributed by atoms with van der Waals surface area (Å²) in [6.45, 7) is -0.00181. The fraction of sp³-hybridized carbons (Fsp3) is 0.0909. The molecule has 2 rings (SSSR count). The molecule has 0 unspecified atom stereocenters. The number of aromatic nitrogens is 2. The monoisotopic (exact) mass is 252 g/mol. The van der Waals surface area contributed by atoms with Crippen LogP contribution in [0.2, 0.25) is 5.02 Å². The normalized spacial score (nSPS) is 10.4. The second-order valence-corrected chi connectivity index (χ2v) is 4.54. The van der Waals surface area contributed by atoms with Gasteiger partial charge in [0.15, 0.2) is 0 Å². The number of hydrogen-bond donors (Lipinski definition) is 1. The maximum atomic E-state index is 8.96. The summed E-state index contributed by atoms with van der Waals surface area (Å²) in [7, 11) is 0. The van der Waals surface area contributed by atoms with E-state index >= 15 is 0 Å². The van der Waals surface area contributed by atoms with E-state index in [-0.39, 0.29) is 6.61 Å². The smallest absolute Gasteiger partial charge is 0.116 e. The van der Waals surface area contributed by atoms with Crippen LogP contribution in [0.1, 0.15) is 5.56 Å². The number of aliphatic hydroxyl groups excluding tert-OH is 1. The predicted octanol–water partition coefficient (Wildman–Crippen LogP) is 2.77. The molecule has 0 saturated carbocycles. The fourth-order valence-electron chi connectivity index (χ4n) is 1.18. The summed E-state index contributed by atoms with van der Waals surface area (Å²) in [6.07, 6.45) is 3.18. The molecule has 1 aromatic heterocycles. The van der Waals surface area contributed by atoms with Crippen LogP contribution in [0.15, 0.2) is 46.7 Å². The fourth-order valence-corrected chi connectivity index (χ4v) is 2.24. The Morgan fingerprint density at radius 2 is 2.19 bits per heavy atom. The molecule has 0 spiro atoms. The third-order valence-electron chi connectivity index (χ3n) is 1.95. The zero-order valence-electron chi connectivity index (χ0n) is 8.30. The van der Waals surface area contributed by atoms with Crippen LogP contribution in [0, 0.1) is 0 Å². The van der Waals surface area contributed by atoms with Crippen LogP contribution in [0.4, 0.5) is 0 Å². The van der Waals surface area contributed by atoms with E-state index in [1.807, 2.05) is 18.2 Å². The van der Waals surface area contributed by atoms with Gasteiger partial charge in [0.1, 0.15) is 11.4 Å². The van der Waals surface area contributed by atoms with Crippen LogP contribution in [-0.4, -0.2) is 15.1 Å². The van der Waals surface area contributed by atoms with Gasteiger partial charge in [-0.2, -0.15) is 0 Å². The number of hydrogen-bond acceptors (Lipinski definition) is 4. The lowest BCUT2D eigenvalue weighted by atomic mass is 10.2. The van der Waals surface area contributed by atoms with E-state index in [4.69, 9.17) is 16.7 Å². The third-order valence-corrected chi connectivity index (χ3v) is 3.40. The summed E-state index contributed by atoms with van der Waals surface area (Å²) in [5, 5.41) is 10.4. The quantitative estimate of drug-likeness (QED) is 0.854. The highest BCUT2D eigenvalue weighted by molar-refractivity contribution is 7.99. The molecule has 0 aliphatic carbocycles. The number of benzene rings is 1. The van der Waals surface area contributed by atoms with Gasteiger partial charge in [0.2, 0.25) is 0 Å². The van der Waals surface area contributed by atoms with Gasteiger partial charge >= 0.3 is 0 Å². The van der Waals surface area contributed by atoms with Crippen LogP contribution < -0.4 is 0 Å². The number of halogens is 1. The summed E-state index contributed by atoms with van der Waals surface area (Å²) >= 11 is 7.55. The molecule has 1 aromatic carbocycles. The number of aliphatic hydroxyl groups is 1. The van der Waals surface area contributed by atoms with E-state index in [0.717, 1.165) is 15.5 Å². The van der Waals surface area contributed by atoms with Crippen molar-refractivity contribution < 1.29 is 5.11 Å². The molecular weight excluding hydrogens is 244 g/mol. The van der Waals surface area contributed by atoms with E-state index in [2.05, 4.69) is 9.97 Å². The molecule has 0 atom stereocenters. The van der Waals surface area contributed by atoms with E-state index in [9.17, 15) is 0 Å². The third kappa shape index (κ3) is 2.72.